The molecule has 3 rings (SSSR count). The molecular weight excluding hydrogens is 264 g/mol. The molecule has 1 aromatic heterocycles. The highest BCUT2D eigenvalue weighted by Crippen LogP contribution is 2.32. The highest BCUT2D eigenvalue weighted by Gasteiger charge is 2.48. The average Bonchev–Trinajstić information content (AvgIpc) is 3.03. The van der Waals surface area contributed by atoms with Crippen LogP contribution in [0.5, 0.6) is 0 Å². The monoisotopic (exact) mass is 282 g/mol. The molecule has 2 aliphatic rings. The Balaban J connectivity index is 1.62. The molecule has 0 bridgehead atoms. The summed E-state index contributed by atoms with van der Waals surface area (Å²) in [5, 5.41) is 6.06. The molecule has 0 aromatic carbocycles. The molecule has 3 heterocycles. The molecule has 1 N–H and O–H groups in total. The van der Waals surface area contributed by atoms with Crippen molar-refractivity contribution in [3.05, 3.63) is 11.1 Å². The van der Waals surface area contributed by atoms with Gasteiger partial charge in [-0.2, -0.15) is 0 Å². The van der Waals surface area contributed by atoms with Gasteiger partial charge in [0, 0.05) is 45.5 Å². The second-order valence-corrected chi connectivity index (χ2v) is 6.12. The van der Waals surface area contributed by atoms with Crippen molar-refractivity contribution in [3.63, 3.8) is 0 Å². The number of ether oxygens (including phenoxy) is 1. The molecule has 1 amide bonds. The van der Waals surface area contributed by atoms with Crippen LogP contribution in [0.4, 0.5) is 9.93 Å². The minimum atomic E-state index is -0.298. The van der Waals surface area contributed by atoms with Crippen LogP contribution in [0.2, 0.25) is 0 Å². The Bertz CT molecular complexity index is 492. The first kappa shape index (κ1) is 12.7. The molecule has 104 valence electrons. The predicted octanol–water partition coefficient (Wildman–Crippen LogP) is 1.21. The van der Waals surface area contributed by atoms with E-state index < -0.39 is 0 Å². The van der Waals surface area contributed by atoms with E-state index in [0.29, 0.717) is 6.54 Å². The zero-order valence-electron chi connectivity index (χ0n) is 11.2. The van der Waals surface area contributed by atoms with Gasteiger partial charge in [-0.25, -0.2) is 9.78 Å². The second kappa shape index (κ2) is 4.64. The van der Waals surface area contributed by atoms with Crippen LogP contribution in [0.25, 0.3) is 0 Å². The summed E-state index contributed by atoms with van der Waals surface area (Å²) in [6.45, 7) is 3.27. The summed E-state index contributed by atoms with van der Waals surface area (Å²) >= 11 is 1.61. The number of amides is 1. The summed E-state index contributed by atoms with van der Waals surface area (Å²) < 4.78 is 5.53. The number of likely N-dealkylation sites (tertiary alicyclic amines) is 1. The fourth-order valence-corrected chi connectivity index (χ4v) is 3.45. The highest BCUT2D eigenvalue weighted by atomic mass is 32.1. The molecule has 0 saturated carbocycles. The van der Waals surface area contributed by atoms with E-state index in [2.05, 4.69) is 20.6 Å². The summed E-state index contributed by atoms with van der Waals surface area (Å²) in [4.78, 5) is 20.0. The second-order valence-electron chi connectivity index (χ2n) is 5.26. The summed E-state index contributed by atoms with van der Waals surface area (Å²) in [5.41, 5.74) is 0.775. The maximum atomic E-state index is 11.5. The molecule has 1 atom stereocenters. The lowest BCUT2D eigenvalue weighted by atomic mass is 10.0. The van der Waals surface area contributed by atoms with Crippen LogP contribution >= 0.6 is 11.3 Å². The molecule has 2 saturated heterocycles. The van der Waals surface area contributed by atoms with Crippen LogP contribution in [0, 0.1) is 0 Å². The fraction of sp³-hybridized carbons (Fsp3) is 0.667. The standard InChI is InChI=1S/C12H18N4O2S/c1-13-10-14-9(6-19-10)5-16-4-3-12(8-16)7-15(2)11(17)18-12/h6H,3-5,7-8H2,1-2H3,(H,13,14)/t12-/m1/s1. The SMILES string of the molecule is CNc1nc(CN2CC[C@]3(C2)CN(C)C(=O)O3)cs1. The van der Waals surface area contributed by atoms with Crippen molar-refractivity contribution in [3.8, 4) is 0 Å². The van der Waals surface area contributed by atoms with Crippen molar-refractivity contribution < 1.29 is 9.53 Å². The number of likely N-dealkylation sites (N-methyl/N-ethyl adjacent to an activating group) is 1. The third-order valence-electron chi connectivity index (χ3n) is 3.69. The van der Waals surface area contributed by atoms with E-state index in [-0.39, 0.29) is 11.7 Å². The van der Waals surface area contributed by atoms with Crippen molar-refractivity contribution in [2.24, 2.45) is 0 Å². The first-order valence-electron chi connectivity index (χ1n) is 6.39. The average molecular weight is 282 g/mol. The number of nitrogens with zero attached hydrogens (tertiary/aromatic N) is 3. The fourth-order valence-electron chi connectivity index (χ4n) is 2.79. The van der Waals surface area contributed by atoms with Crippen molar-refractivity contribution >= 4 is 22.6 Å². The van der Waals surface area contributed by atoms with Gasteiger partial charge in [0.25, 0.3) is 0 Å². The van der Waals surface area contributed by atoms with E-state index >= 15 is 0 Å². The smallest absolute Gasteiger partial charge is 0.410 e. The molecule has 1 aromatic rings. The van der Waals surface area contributed by atoms with Gasteiger partial charge < -0.3 is 15.0 Å². The summed E-state index contributed by atoms with van der Waals surface area (Å²) in [5.74, 6) is 0. The lowest BCUT2D eigenvalue weighted by Crippen LogP contribution is -2.37. The maximum Gasteiger partial charge on any atom is 0.410 e. The van der Waals surface area contributed by atoms with Crippen LogP contribution in [0.15, 0.2) is 5.38 Å². The molecular formula is C12H18N4O2S. The number of carbonyl (C=O) groups is 1. The largest absolute Gasteiger partial charge is 0.439 e. The van der Waals surface area contributed by atoms with Crippen LogP contribution < -0.4 is 5.32 Å². The summed E-state index contributed by atoms with van der Waals surface area (Å²) in [6, 6.07) is 0. The van der Waals surface area contributed by atoms with E-state index in [1.165, 1.54) is 0 Å². The zero-order chi connectivity index (χ0) is 13.5. The third kappa shape index (κ3) is 2.40. The number of hydrogen-bond acceptors (Lipinski definition) is 6. The van der Waals surface area contributed by atoms with Crippen LogP contribution in [-0.4, -0.2) is 60.2 Å². The highest BCUT2D eigenvalue weighted by molar-refractivity contribution is 7.13. The van der Waals surface area contributed by atoms with Crippen molar-refractivity contribution in [2.75, 3.05) is 39.0 Å². The van der Waals surface area contributed by atoms with Gasteiger partial charge >= 0.3 is 6.09 Å². The molecule has 2 aliphatic heterocycles. The number of thiazole rings is 1. The third-order valence-corrected chi connectivity index (χ3v) is 4.60. The van der Waals surface area contributed by atoms with Gasteiger partial charge in [-0.05, 0) is 0 Å². The zero-order valence-corrected chi connectivity index (χ0v) is 12.0. The van der Waals surface area contributed by atoms with Gasteiger partial charge in [-0.3, -0.25) is 4.90 Å². The van der Waals surface area contributed by atoms with Gasteiger partial charge in [0.15, 0.2) is 5.13 Å². The molecule has 6 nitrogen and oxygen atoms in total. The van der Waals surface area contributed by atoms with Crippen LogP contribution in [0.1, 0.15) is 12.1 Å². The molecule has 0 aliphatic carbocycles. The molecule has 7 heteroatoms. The Morgan fingerprint density at radius 1 is 1.58 bits per heavy atom. The number of hydrogen-bond donors (Lipinski definition) is 1. The number of aromatic nitrogens is 1. The topological polar surface area (TPSA) is 57.7 Å². The van der Waals surface area contributed by atoms with Gasteiger partial charge in [-0.15, -0.1) is 11.3 Å². The Labute approximate surface area is 116 Å². The van der Waals surface area contributed by atoms with E-state index in [1.807, 2.05) is 7.05 Å². The van der Waals surface area contributed by atoms with Gasteiger partial charge in [0.1, 0.15) is 5.60 Å². The Kier molecular flexibility index (Phi) is 3.10. The van der Waals surface area contributed by atoms with Gasteiger partial charge in [0.05, 0.1) is 12.2 Å². The Morgan fingerprint density at radius 3 is 3.05 bits per heavy atom. The number of carbonyl (C=O) groups excluding carboxylic acids is 1. The van der Waals surface area contributed by atoms with E-state index in [1.54, 1.807) is 23.3 Å². The number of anilines is 1. The number of nitrogens with one attached hydrogen (secondary N) is 1. The lowest BCUT2D eigenvalue weighted by Gasteiger charge is -2.21. The quantitative estimate of drug-likeness (QED) is 0.903. The molecule has 2 fully saturated rings. The van der Waals surface area contributed by atoms with Gasteiger partial charge in [-0.1, -0.05) is 0 Å². The maximum absolute atomic E-state index is 11.5. The molecule has 0 unspecified atom stereocenters. The van der Waals surface area contributed by atoms with E-state index in [4.69, 9.17) is 4.74 Å². The first-order chi connectivity index (χ1) is 9.10. The Morgan fingerprint density at radius 2 is 2.42 bits per heavy atom. The van der Waals surface area contributed by atoms with Gasteiger partial charge in [0.2, 0.25) is 0 Å². The molecule has 0 radical (unpaired) electrons. The minimum absolute atomic E-state index is 0.201. The molecule has 19 heavy (non-hydrogen) atoms. The van der Waals surface area contributed by atoms with Crippen molar-refractivity contribution in [1.29, 1.82) is 0 Å². The number of rotatable bonds is 3. The first-order valence-corrected chi connectivity index (χ1v) is 7.27. The van der Waals surface area contributed by atoms with E-state index in [0.717, 1.165) is 36.9 Å². The predicted molar refractivity (Wildman–Crippen MR) is 73.4 cm³/mol. The summed E-state index contributed by atoms with van der Waals surface area (Å²) in [6.07, 6.45) is 0.708. The Hall–Kier alpha value is -1.34. The molecule has 1 spiro atoms. The lowest BCUT2D eigenvalue weighted by molar-refractivity contribution is 0.0626. The minimum Gasteiger partial charge on any atom is -0.439 e. The van der Waals surface area contributed by atoms with Crippen LogP contribution in [-0.2, 0) is 11.3 Å². The van der Waals surface area contributed by atoms with E-state index in [9.17, 15) is 4.79 Å². The summed E-state index contributed by atoms with van der Waals surface area (Å²) in [7, 11) is 3.67. The van der Waals surface area contributed by atoms with Crippen molar-refractivity contribution in [1.82, 2.24) is 14.8 Å². The normalized spacial score (nSPS) is 27.3. The van der Waals surface area contributed by atoms with Crippen LogP contribution in [0.3, 0.4) is 0 Å². The van der Waals surface area contributed by atoms with Crippen molar-refractivity contribution in [2.45, 2.75) is 18.6 Å².